The summed E-state index contributed by atoms with van der Waals surface area (Å²) in [6, 6.07) is 8.34. The number of para-hydroxylation sites is 1. The lowest BCUT2D eigenvalue weighted by Gasteiger charge is -2.30. The molecule has 0 fully saturated rings. The predicted molar refractivity (Wildman–Crippen MR) is 79.7 cm³/mol. The molecule has 3 heteroatoms. The Kier molecular flexibility index (Phi) is 6.89. The molecule has 19 heavy (non-hydrogen) atoms. The van der Waals surface area contributed by atoms with Crippen molar-refractivity contribution < 1.29 is 9.47 Å². The molecule has 0 aromatic heterocycles. The summed E-state index contributed by atoms with van der Waals surface area (Å²) < 4.78 is 11.5. The van der Waals surface area contributed by atoms with E-state index in [2.05, 4.69) is 32.2 Å². The molecule has 2 atom stereocenters. The molecule has 0 spiro atoms. The van der Waals surface area contributed by atoms with Crippen molar-refractivity contribution in [3.8, 4) is 5.75 Å². The molecule has 0 heterocycles. The van der Waals surface area contributed by atoms with Crippen molar-refractivity contribution in [3.63, 3.8) is 0 Å². The van der Waals surface area contributed by atoms with Gasteiger partial charge in [-0.05, 0) is 25.5 Å². The van der Waals surface area contributed by atoms with Gasteiger partial charge in [0.1, 0.15) is 5.75 Å². The summed E-state index contributed by atoms with van der Waals surface area (Å²) in [6.45, 7) is 7.21. The maximum absolute atomic E-state index is 5.85. The lowest BCUT2D eigenvalue weighted by molar-refractivity contribution is 0.0340. The SMILES string of the molecule is CCCOc1ccccc1C(NC)C(OC)C(C)C. The van der Waals surface area contributed by atoms with Crippen LogP contribution in [0.1, 0.15) is 38.8 Å². The van der Waals surface area contributed by atoms with Crippen LogP contribution in [0, 0.1) is 5.92 Å². The standard InChI is InChI=1S/C16H27NO2/c1-6-11-19-14-10-8-7-9-13(14)15(17-4)16(18-5)12(2)3/h7-10,12,15-17H,6,11H2,1-5H3. The van der Waals surface area contributed by atoms with E-state index in [0.717, 1.165) is 18.8 Å². The first kappa shape index (κ1) is 16.0. The van der Waals surface area contributed by atoms with Crippen molar-refractivity contribution in [1.29, 1.82) is 0 Å². The van der Waals surface area contributed by atoms with Gasteiger partial charge < -0.3 is 14.8 Å². The largest absolute Gasteiger partial charge is 0.493 e. The second-order valence-electron chi connectivity index (χ2n) is 5.10. The second kappa shape index (κ2) is 8.18. The van der Waals surface area contributed by atoms with E-state index in [1.54, 1.807) is 7.11 Å². The molecule has 0 aliphatic rings. The number of benzene rings is 1. The highest BCUT2D eigenvalue weighted by molar-refractivity contribution is 5.36. The van der Waals surface area contributed by atoms with Crippen LogP contribution in [-0.2, 0) is 4.74 Å². The van der Waals surface area contributed by atoms with E-state index in [-0.39, 0.29) is 12.1 Å². The highest BCUT2D eigenvalue weighted by Crippen LogP contribution is 2.31. The zero-order chi connectivity index (χ0) is 14.3. The second-order valence-corrected chi connectivity index (χ2v) is 5.10. The van der Waals surface area contributed by atoms with E-state index >= 15 is 0 Å². The minimum Gasteiger partial charge on any atom is -0.493 e. The number of nitrogens with one attached hydrogen (secondary N) is 1. The zero-order valence-electron chi connectivity index (χ0n) is 12.8. The number of methoxy groups -OCH3 is 1. The van der Waals surface area contributed by atoms with Crippen LogP contribution in [0.3, 0.4) is 0 Å². The quantitative estimate of drug-likeness (QED) is 0.781. The Balaban J connectivity index is 3.02. The van der Waals surface area contributed by atoms with Crippen molar-refractivity contribution >= 4 is 0 Å². The first-order valence-corrected chi connectivity index (χ1v) is 7.07. The van der Waals surface area contributed by atoms with Crippen LogP contribution in [0.4, 0.5) is 0 Å². The third kappa shape index (κ3) is 4.22. The smallest absolute Gasteiger partial charge is 0.124 e. The Morgan fingerprint density at radius 1 is 1.21 bits per heavy atom. The van der Waals surface area contributed by atoms with Crippen LogP contribution in [0.2, 0.25) is 0 Å². The van der Waals surface area contributed by atoms with Crippen LogP contribution < -0.4 is 10.1 Å². The third-order valence-corrected chi connectivity index (χ3v) is 3.28. The van der Waals surface area contributed by atoms with Crippen LogP contribution in [0.15, 0.2) is 24.3 Å². The fraction of sp³-hybridized carbons (Fsp3) is 0.625. The first-order valence-electron chi connectivity index (χ1n) is 7.07. The van der Waals surface area contributed by atoms with Gasteiger partial charge in [-0.25, -0.2) is 0 Å². The molecular weight excluding hydrogens is 238 g/mol. The highest BCUT2D eigenvalue weighted by Gasteiger charge is 2.26. The van der Waals surface area contributed by atoms with Crippen LogP contribution in [0.25, 0.3) is 0 Å². The normalized spacial score (nSPS) is 14.4. The van der Waals surface area contributed by atoms with E-state index in [1.807, 2.05) is 25.2 Å². The van der Waals surface area contributed by atoms with Gasteiger partial charge >= 0.3 is 0 Å². The van der Waals surface area contributed by atoms with Crippen LogP contribution >= 0.6 is 0 Å². The van der Waals surface area contributed by atoms with Gasteiger partial charge in [0.2, 0.25) is 0 Å². The van der Waals surface area contributed by atoms with E-state index < -0.39 is 0 Å². The molecular formula is C16H27NO2. The lowest BCUT2D eigenvalue weighted by atomic mass is 9.93. The van der Waals surface area contributed by atoms with Crippen LogP contribution in [0.5, 0.6) is 5.75 Å². The number of hydrogen-bond acceptors (Lipinski definition) is 3. The Hall–Kier alpha value is -1.06. The molecule has 3 nitrogen and oxygen atoms in total. The number of likely N-dealkylation sites (N-methyl/N-ethyl adjacent to an activating group) is 1. The highest BCUT2D eigenvalue weighted by atomic mass is 16.5. The van der Waals surface area contributed by atoms with Gasteiger partial charge in [-0.15, -0.1) is 0 Å². The number of hydrogen-bond donors (Lipinski definition) is 1. The van der Waals surface area contributed by atoms with Gasteiger partial charge in [0.15, 0.2) is 0 Å². The minimum atomic E-state index is 0.122. The van der Waals surface area contributed by atoms with E-state index in [1.165, 1.54) is 5.56 Å². The average Bonchev–Trinajstić information content (AvgIpc) is 2.42. The molecule has 1 aromatic rings. The summed E-state index contributed by atoms with van der Waals surface area (Å²) in [4.78, 5) is 0. The predicted octanol–water partition coefficient (Wildman–Crippen LogP) is 3.41. The molecule has 1 rings (SSSR count). The summed E-state index contributed by atoms with van der Waals surface area (Å²) in [5.74, 6) is 1.38. The summed E-state index contributed by atoms with van der Waals surface area (Å²) in [5, 5.41) is 3.36. The molecule has 2 unspecified atom stereocenters. The molecule has 0 saturated heterocycles. The summed E-state index contributed by atoms with van der Waals surface area (Å²) >= 11 is 0. The molecule has 0 saturated carbocycles. The van der Waals surface area contributed by atoms with Gasteiger partial charge in [0.25, 0.3) is 0 Å². The average molecular weight is 265 g/mol. The minimum absolute atomic E-state index is 0.122. The van der Waals surface area contributed by atoms with Crippen molar-refractivity contribution in [3.05, 3.63) is 29.8 Å². The molecule has 0 bridgehead atoms. The Bertz CT molecular complexity index is 366. The zero-order valence-corrected chi connectivity index (χ0v) is 12.8. The molecule has 0 aliphatic carbocycles. The van der Waals surface area contributed by atoms with E-state index in [4.69, 9.17) is 9.47 Å². The molecule has 0 aliphatic heterocycles. The van der Waals surface area contributed by atoms with Crippen molar-refractivity contribution in [2.24, 2.45) is 5.92 Å². The first-order chi connectivity index (χ1) is 9.15. The molecule has 0 radical (unpaired) electrons. The number of rotatable bonds is 8. The van der Waals surface area contributed by atoms with Gasteiger partial charge in [-0.3, -0.25) is 0 Å². The lowest BCUT2D eigenvalue weighted by Crippen LogP contribution is -2.35. The summed E-state index contributed by atoms with van der Waals surface area (Å²) in [7, 11) is 3.74. The van der Waals surface area contributed by atoms with Gasteiger partial charge in [0, 0.05) is 12.7 Å². The fourth-order valence-electron chi connectivity index (χ4n) is 2.37. The Morgan fingerprint density at radius 3 is 2.42 bits per heavy atom. The Morgan fingerprint density at radius 2 is 1.89 bits per heavy atom. The van der Waals surface area contributed by atoms with Crippen LogP contribution in [-0.4, -0.2) is 26.9 Å². The van der Waals surface area contributed by atoms with Gasteiger partial charge in [-0.2, -0.15) is 0 Å². The summed E-state index contributed by atoms with van der Waals surface area (Å²) in [6.07, 6.45) is 1.13. The molecule has 108 valence electrons. The van der Waals surface area contributed by atoms with Crippen molar-refractivity contribution in [1.82, 2.24) is 5.32 Å². The fourth-order valence-corrected chi connectivity index (χ4v) is 2.37. The molecule has 1 N–H and O–H groups in total. The van der Waals surface area contributed by atoms with Gasteiger partial charge in [-0.1, -0.05) is 39.0 Å². The van der Waals surface area contributed by atoms with Gasteiger partial charge in [0.05, 0.1) is 18.8 Å². The maximum Gasteiger partial charge on any atom is 0.124 e. The molecule has 1 aromatic carbocycles. The monoisotopic (exact) mass is 265 g/mol. The van der Waals surface area contributed by atoms with E-state index in [0.29, 0.717) is 5.92 Å². The summed E-state index contributed by atoms with van der Waals surface area (Å²) in [5.41, 5.74) is 1.17. The topological polar surface area (TPSA) is 30.5 Å². The molecule has 0 amide bonds. The Labute approximate surface area is 117 Å². The van der Waals surface area contributed by atoms with Crippen molar-refractivity contribution in [2.45, 2.75) is 39.3 Å². The third-order valence-electron chi connectivity index (χ3n) is 3.28. The maximum atomic E-state index is 5.85. The van der Waals surface area contributed by atoms with E-state index in [9.17, 15) is 0 Å². The van der Waals surface area contributed by atoms with Crippen molar-refractivity contribution in [2.75, 3.05) is 20.8 Å². The number of ether oxygens (including phenoxy) is 2.